The topological polar surface area (TPSA) is 15.3 Å². The van der Waals surface area contributed by atoms with Gasteiger partial charge in [0.25, 0.3) is 0 Å². The van der Waals surface area contributed by atoms with E-state index in [1.807, 2.05) is 0 Å². The van der Waals surface area contributed by atoms with Crippen molar-refractivity contribution in [1.82, 2.24) is 10.2 Å². The van der Waals surface area contributed by atoms with Crippen molar-refractivity contribution in [2.45, 2.75) is 52.1 Å². The van der Waals surface area contributed by atoms with E-state index in [1.165, 1.54) is 19.4 Å². The molecule has 0 spiro atoms. The maximum atomic E-state index is 3.52. The van der Waals surface area contributed by atoms with Crippen molar-refractivity contribution >= 4 is 0 Å². The zero-order chi connectivity index (χ0) is 10.8. The minimum Gasteiger partial charge on any atom is -0.315 e. The Labute approximate surface area is 89.1 Å². The molecule has 2 heteroatoms. The van der Waals surface area contributed by atoms with Crippen LogP contribution in [0.25, 0.3) is 0 Å². The summed E-state index contributed by atoms with van der Waals surface area (Å²) in [5.41, 5.74) is 0.337. The van der Waals surface area contributed by atoms with Gasteiger partial charge in [0.1, 0.15) is 0 Å². The predicted octanol–water partition coefficient (Wildman–Crippen LogP) is 2.10. The third kappa shape index (κ3) is 2.71. The van der Waals surface area contributed by atoms with Crippen molar-refractivity contribution < 1.29 is 0 Å². The summed E-state index contributed by atoms with van der Waals surface area (Å²) >= 11 is 0. The Balaban J connectivity index is 2.55. The first-order chi connectivity index (χ1) is 6.47. The molecule has 0 bridgehead atoms. The summed E-state index contributed by atoms with van der Waals surface area (Å²) in [7, 11) is 2.27. The van der Waals surface area contributed by atoms with E-state index < -0.39 is 0 Å². The third-order valence-corrected chi connectivity index (χ3v) is 3.91. The molecule has 0 aromatic rings. The summed E-state index contributed by atoms with van der Waals surface area (Å²) in [6.07, 6.45) is 2.56. The highest BCUT2D eigenvalue weighted by Crippen LogP contribution is 2.23. The molecule has 1 saturated heterocycles. The van der Waals surface area contributed by atoms with Crippen LogP contribution in [0.4, 0.5) is 0 Å². The molecule has 14 heavy (non-hydrogen) atoms. The van der Waals surface area contributed by atoms with Gasteiger partial charge in [-0.05, 0) is 46.2 Å². The van der Waals surface area contributed by atoms with E-state index in [1.54, 1.807) is 0 Å². The summed E-state index contributed by atoms with van der Waals surface area (Å²) in [5.74, 6) is 0.823. The summed E-state index contributed by atoms with van der Waals surface area (Å²) in [5, 5.41) is 3.52. The number of likely N-dealkylation sites (N-methyl/N-ethyl adjacent to an activating group) is 1. The molecule has 1 N–H and O–H groups in total. The highest BCUT2D eigenvalue weighted by molar-refractivity contribution is 4.87. The first-order valence-corrected chi connectivity index (χ1v) is 5.91. The van der Waals surface area contributed by atoms with Gasteiger partial charge in [0.2, 0.25) is 0 Å². The molecule has 0 amide bonds. The fourth-order valence-corrected chi connectivity index (χ4v) is 2.17. The van der Waals surface area contributed by atoms with Crippen LogP contribution in [-0.2, 0) is 0 Å². The second kappa shape index (κ2) is 4.63. The van der Waals surface area contributed by atoms with Crippen molar-refractivity contribution in [3.8, 4) is 0 Å². The highest BCUT2D eigenvalue weighted by atomic mass is 15.2. The normalized spacial score (nSPS) is 29.6. The van der Waals surface area contributed by atoms with Gasteiger partial charge in [-0.2, -0.15) is 0 Å². The van der Waals surface area contributed by atoms with Crippen molar-refractivity contribution in [3.63, 3.8) is 0 Å². The average molecular weight is 198 g/mol. The predicted molar refractivity (Wildman–Crippen MR) is 62.6 cm³/mol. The number of piperidine rings is 1. The van der Waals surface area contributed by atoms with Crippen molar-refractivity contribution in [2.75, 3.05) is 20.1 Å². The Hall–Kier alpha value is -0.0800. The van der Waals surface area contributed by atoms with Crippen molar-refractivity contribution in [2.24, 2.45) is 5.92 Å². The molecule has 1 rings (SSSR count). The Bertz CT molecular complexity index is 177. The standard InChI is InChI=1S/C12H26N2/c1-6-12(3,4)14(5)11-7-10(2)8-13-9-11/h10-11,13H,6-9H2,1-5H3. The highest BCUT2D eigenvalue weighted by Gasteiger charge is 2.30. The molecule has 84 valence electrons. The molecule has 1 aliphatic rings. The SMILES string of the molecule is CCC(C)(C)N(C)C1CNCC(C)C1. The van der Waals surface area contributed by atoms with Crippen LogP contribution in [0.15, 0.2) is 0 Å². The summed E-state index contributed by atoms with van der Waals surface area (Å²) in [4.78, 5) is 2.55. The molecule has 0 aromatic heterocycles. The van der Waals surface area contributed by atoms with Gasteiger partial charge in [-0.15, -0.1) is 0 Å². The van der Waals surface area contributed by atoms with Crippen LogP contribution in [0.1, 0.15) is 40.5 Å². The minimum absolute atomic E-state index is 0.337. The lowest BCUT2D eigenvalue weighted by Crippen LogP contribution is -2.54. The van der Waals surface area contributed by atoms with Gasteiger partial charge < -0.3 is 5.32 Å². The van der Waals surface area contributed by atoms with Gasteiger partial charge in [-0.3, -0.25) is 4.90 Å². The van der Waals surface area contributed by atoms with Crippen molar-refractivity contribution in [3.05, 3.63) is 0 Å². The second-order valence-corrected chi connectivity index (χ2v) is 5.43. The Morgan fingerprint density at radius 2 is 2.00 bits per heavy atom. The van der Waals surface area contributed by atoms with E-state index in [9.17, 15) is 0 Å². The van der Waals surface area contributed by atoms with E-state index in [0.29, 0.717) is 11.6 Å². The molecule has 0 radical (unpaired) electrons. The van der Waals surface area contributed by atoms with Gasteiger partial charge in [0, 0.05) is 18.1 Å². The van der Waals surface area contributed by atoms with E-state index in [2.05, 4.69) is 45.0 Å². The maximum Gasteiger partial charge on any atom is 0.0225 e. The number of nitrogens with zero attached hydrogens (tertiary/aromatic N) is 1. The average Bonchev–Trinajstić information content (AvgIpc) is 2.16. The molecule has 1 heterocycles. The summed E-state index contributed by atoms with van der Waals surface area (Å²) < 4.78 is 0. The Morgan fingerprint density at radius 3 is 2.50 bits per heavy atom. The quantitative estimate of drug-likeness (QED) is 0.747. The molecular formula is C12H26N2. The largest absolute Gasteiger partial charge is 0.315 e. The fourth-order valence-electron chi connectivity index (χ4n) is 2.17. The van der Waals surface area contributed by atoms with Gasteiger partial charge in [-0.1, -0.05) is 13.8 Å². The van der Waals surface area contributed by atoms with Crippen LogP contribution < -0.4 is 5.32 Å². The summed E-state index contributed by atoms with van der Waals surface area (Å²) in [6, 6.07) is 0.716. The molecule has 2 nitrogen and oxygen atoms in total. The summed E-state index contributed by atoms with van der Waals surface area (Å²) in [6.45, 7) is 11.6. The van der Waals surface area contributed by atoms with Gasteiger partial charge in [0.05, 0.1) is 0 Å². The van der Waals surface area contributed by atoms with Crippen LogP contribution in [-0.4, -0.2) is 36.6 Å². The molecule has 0 aliphatic carbocycles. The van der Waals surface area contributed by atoms with Gasteiger partial charge >= 0.3 is 0 Å². The van der Waals surface area contributed by atoms with Crippen LogP contribution in [0.2, 0.25) is 0 Å². The Morgan fingerprint density at radius 1 is 1.36 bits per heavy atom. The fraction of sp³-hybridized carbons (Fsp3) is 1.00. The zero-order valence-corrected chi connectivity index (χ0v) is 10.4. The zero-order valence-electron chi connectivity index (χ0n) is 10.4. The van der Waals surface area contributed by atoms with E-state index >= 15 is 0 Å². The van der Waals surface area contributed by atoms with Crippen LogP contribution in [0.3, 0.4) is 0 Å². The van der Waals surface area contributed by atoms with Crippen LogP contribution >= 0.6 is 0 Å². The number of rotatable bonds is 3. The molecule has 0 saturated carbocycles. The van der Waals surface area contributed by atoms with E-state index in [0.717, 1.165) is 12.5 Å². The molecule has 1 fully saturated rings. The first-order valence-electron chi connectivity index (χ1n) is 5.91. The molecule has 2 atom stereocenters. The molecule has 2 unspecified atom stereocenters. The van der Waals surface area contributed by atoms with E-state index in [4.69, 9.17) is 0 Å². The molecular weight excluding hydrogens is 172 g/mol. The van der Waals surface area contributed by atoms with Gasteiger partial charge in [-0.25, -0.2) is 0 Å². The Kier molecular flexibility index (Phi) is 3.96. The number of nitrogens with one attached hydrogen (secondary N) is 1. The molecule has 0 aromatic carbocycles. The third-order valence-electron chi connectivity index (χ3n) is 3.91. The van der Waals surface area contributed by atoms with Crippen LogP contribution in [0.5, 0.6) is 0 Å². The number of hydrogen-bond acceptors (Lipinski definition) is 2. The monoisotopic (exact) mass is 198 g/mol. The lowest BCUT2D eigenvalue weighted by Gasteiger charge is -2.43. The van der Waals surface area contributed by atoms with Crippen LogP contribution in [0, 0.1) is 5.92 Å². The minimum atomic E-state index is 0.337. The smallest absolute Gasteiger partial charge is 0.0225 e. The second-order valence-electron chi connectivity index (χ2n) is 5.43. The number of hydrogen-bond donors (Lipinski definition) is 1. The van der Waals surface area contributed by atoms with E-state index in [-0.39, 0.29) is 0 Å². The molecule has 1 aliphatic heterocycles. The lowest BCUT2D eigenvalue weighted by molar-refractivity contribution is 0.0707. The lowest BCUT2D eigenvalue weighted by atomic mass is 9.91. The van der Waals surface area contributed by atoms with Crippen molar-refractivity contribution in [1.29, 1.82) is 0 Å². The van der Waals surface area contributed by atoms with Gasteiger partial charge in [0.15, 0.2) is 0 Å². The first kappa shape index (κ1) is 12.0. The maximum absolute atomic E-state index is 3.52.